The van der Waals surface area contributed by atoms with Crippen LogP contribution in [0.2, 0.25) is 10.0 Å². The first-order valence-corrected chi connectivity index (χ1v) is 7.18. The Kier molecular flexibility index (Phi) is 4.00. The third kappa shape index (κ3) is 2.97. The van der Waals surface area contributed by atoms with Crippen LogP contribution in [-0.2, 0) is 4.79 Å². The van der Waals surface area contributed by atoms with Gasteiger partial charge in [0.25, 0.3) is 11.6 Å². The Morgan fingerprint density at radius 1 is 1.12 bits per heavy atom. The van der Waals surface area contributed by atoms with E-state index in [1.807, 2.05) is 0 Å². The van der Waals surface area contributed by atoms with E-state index in [9.17, 15) is 19.7 Å². The summed E-state index contributed by atoms with van der Waals surface area (Å²) in [7, 11) is 0. The van der Waals surface area contributed by atoms with Crippen molar-refractivity contribution < 1.29 is 18.9 Å². The summed E-state index contributed by atoms with van der Waals surface area (Å²) in [6.07, 6.45) is 1.32. The fourth-order valence-corrected chi connectivity index (χ4v) is 2.61. The number of hydrogen-bond acceptors (Lipinski definition) is 5. The summed E-state index contributed by atoms with van der Waals surface area (Å²) in [6, 6.07) is 4.87. The first kappa shape index (κ1) is 16.0. The number of urea groups is 1. The Labute approximate surface area is 144 Å². The number of nitro groups is 1. The molecule has 3 amide bonds. The van der Waals surface area contributed by atoms with Crippen molar-refractivity contribution in [3.63, 3.8) is 0 Å². The highest BCUT2D eigenvalue weighted by Gasteiger charge is 2.24. The van der Waals surface area contributed by atoms with Crippen LogP contribution in [0.4, 0.5) is 10.5 Å². The van der Waals surface area contributed by atoms with Gasteiger partial charge in [-0.3, -0.25) is 20.2 Å². The predicted octanol–water partition coefficient (Wildman–Crippen LogP) is 3.34. The fourth-order valence-electron chi connectivity index (χ4n) is 2.07. The van der Waals surface area contributed by atoms with Crippen LogP contribution in [-0.4, -0.2) is 16.9 Å². The van der Waals surface area contributed by atoms with Gasteiger partial charge in [-0.15, -0.1) is 0 Å². The topological polar surface area (TPSA) is 114 Å². The zero-order valence-corrected chi connectivity index (χ0v) is 13.1. The Hall–Kier alpha value is -2.84. The molecule has 0 unspecified atom stereocenters. The summed E-state index contributed by atoms with van der Waals surface area (Å²) in [6.45, 7) is 0. The molecular weight excluding hydrogens is 361 g/mol. The molecule has 10 heteroatoms. The molecule has 1 aromatic carbocycles. The second-order valence-corrected chi connectivity index (χ2v) is 5.52. The normalized spacial score (nSPS) is 15.5. The third-order valence-electron chi connectivity index (χ3n) is 3.13. The fraction of sp³-hybridized carbons (Fsp3) is 0. The molecule has 122 valence electrons. The smallest absolute Gasteiger partial charge is 0.326 e. The molecule has 2 heterocycles. The highest BCUT2D eigenvalue weighted by molar-refractivity contribution is 6.37. The van der Waals surface area contributed by atoms with Gasteiger partial charge in [-0.05, 0) is 18.2 Å². The van der Waals surface area contributed by atoms with Gasteiger partial charge in [0.1, 0.15) is 22.2 Å². The number of benzene rings is 1. The van der Waals surface area contributed by atoms with Crippen LogP contribution >= 0.6 is 23.2 Å². The van der Waals surface area contributed by atoms with Gasteiger partial charge in [0.2, 0.25) is 0 Å². The number of amides is 3. The first-order valence-electron chi connectivity index (χ1n) is 6.43. The molecule has 0 aliphatic carbocycles. The summed E-state index contributed by atoms with van der Waals surface area (Å²) in [4.78, 5) is 32.9. The number of hydrogen-bond donors (Lipinski definition) is 2. The molecule has 0 spiro atoms. The number of carbonyl (C=O) groups is 2. The molecule has 2 N–H and O–H groups in total. The summed E-state index contributed by atoms with van der Waals surface area (Å²) >= 11 is 11.8. The van der Waals surface area contributed by atoms with Crippen molar-refractivity contribution >= 4 is 46.9 Å². The van der Waals surface area contributed by atoms with Gasteiger partial charge < -0.3 is 9.73 Å². The highest BCUT2D eigenvalue weighted by Crippen LogP contribution is 2.37. The number of imide groups is 1. The van der Waals surface area contributed by atoms with E-state index < -0.39 is 16.9 Å². The van der Waals surface area contributed by atoms with Crippen LogP contribution in [0.3, 0.4) is 0 Å². The molecular formula is C14H7Cl2N3O5. The Bertz CT molecular complexity index is 919. The van der Waals surface area contributed by atoms with Crippen LogP contribution in [0.5, 0.6) is 0 Å². The molecule has 3 rings (SSSR count). The van der Waals surface area contributed by atoms with Gasteiger partial charge in [0, 0.05) is 17.7 Å². The number of carbonyl (C=O) groups excluding carboxylic acids is 2. The van der Waals surface area contributed by atoms with Crippen LogP contribution < -0.4 is 10.6 Å². The van der Waals surface area contributed by atoms with Crippen molar-refractivity contribution in [2.24, 2.45) is 0 Å². The van der Waals surface area contributed by atoms with Gasteiger partial charge in [0.15, 0.2) is 0 Å². The minimum absolute atomic E-state index is 0.0223. The van der Waals surface area contributed by atoms with Gasteiger partial charge in [-0.2, -0.15) is 0 Å². The van der Waals surface area contributed by atoms with Gasteiger partial charge in [0.05, 0.1) is 9.95 Å². The van der Waals surface area contributed by atoms with Crippen LogP contribution in [0, 0.1) is 10.1 Å². The van der Waals surface area contributed by atoms with E-state index in [1.54, 1.807) is 0 Å². The molecule has 0 radical (unpaired) electrons. The van der Waals surface area contributed by atoms with E-state index in [0.29, 0.717) is 0 Å². The molecule has 8 nitrogen and oxygen atoms in total. The molecule has 1 aliphatic rings. The third-order valence-corrected chi connectivity index (χ3v) is 3.75. The molecule has 1 aliphatic heterocycles. The standard InChI is InChI=1S/C14H7Cl2N3O5/c15-8-5-9(16)11(19(22)23)4-7(8)12-2-1-6(24-12)3-10-13(20)18-14(21)17-10/h1-5H,(H2,17,18,20,21)/b10-3+. The van der Waals surface area contributed by atoms with Crippen molar-refractivity contribution in [2.75, 3.05) is 0 Å². The second kappa shape index (κ2) is 5.99. The summed E-state index contributed by atoms with van der Waals surface area (Å²) in [5.41, 5.74) is -0.0128. The van der Waals surface area contributed by atoms with Crippen molar-refractivity contribution in [2.45, 2.75) is 0 Å². The van der Waals surface area contributed by atoms with Crippen LogP contribution in [0.15, 0.2) is 34.4 Å². The average molecular weight is 368 g/mol. The number of nitrogens with one attached hydrogen (secondary N) is 2. The van der Waals surface area contributed by atoms with E-state index in [-0.39, 0.29) is 38.5 Å². The largest absolute Gasteiger partial charge is 0.457 e. The van der Waals surface area contributed by atoms with Crippen molar-refractivity contribution in [3.8, 4) is 11.3 Å². The zero-order valence-electron chi connectivity index (χ0n) is 11.6. The van der Waals surface area contributed by atoms with E-state index in [1.165, 1.54) is 30.3 Å². The quantitative estimate of drug-likeness (QED) is 0.373. The van der Waals surface area contributed by atoms with Crippen molar-refractivity contribution in [3.05, 3.63) is 55.9 Å². The zero-order chi connectivity index (χ0) is 17.4. The van der Waals surface area contributed by atoms with Gasteiger partial charge >= 0.3 is 6.03 Å². The number of nitrogens with zero attached hydrogens (tertiary/aromatic N) is 1. The van der Waals surface area contributed by atoms with Crippen molar-refractivity contribution in [1.29, 1.82) is 0 Å². The van der Waals surface area contributed by atoms with E-state index in [2.05, 4.69) is 10.6 Å². The maximum atomic E-state index is 11.5. The first-order chi connectivity index (χ1) is 11.3. The lowest BCUT2D eigenvalue weighted by Crippen LogP contribution is -2.22. The van der Waals surface area contributed by atoms with E-state index in [0.717, 1.165) is 0 Å². The monoisotopic (exact) mass is 367 g/mol. The SMILES string of the molecule is O=C1NC(=O)/C(=C\c2ccc(-c3cc([N+](=O)[O-])c(Cl)cc3Cl)o2)N1. The Morgan fingerprint density at radius 3 is 2.50 bits per heavy atom. The lowest BCUT2D eigenvalue weighted by Gasteiger charge is -2.02. The number of halogens is 2. The number of nitro benzene ring substituents is 1. The maximum Gasteiger partial charge on any atom is 0.326 e. The second-order valence-electron chi connectivity index (χ2n) is 4.71. The molecule has 0 bridgehead atoms. The highest BCUT2D eigenvalue weighted by atomic mass is 35.5. The van der Waals surface area contributed by atoms with E-state index in [4.69, 9.17) is 27.6 Å². The van der Waals surface area contributed by atoms with Crippen molar-refractivity contribution in [1.82, 2.24) is 10.6 Å². The van der Waals surface area contributed by atoms with Gasteiger partial charge in [-0.1, -0.05) is 23.2 Å². The summed E-state index contributed by atoms with van der Waals surface area (Å²) in [5.74, 6) is -0.0829. The number of furan rings is 1. The van der Waals surface area contributed by atoms with Crippen LogP contribution in [0.1, 0.15) is 5.76 Å². The maximum absolute atomic E-state index is 11.5. The minimum Gasteiger partial charge on any atom is -0.457 e. The summed E-state index contributed by atoms with van der Waals surface area (Å²) < 4.78 is 5.51. The lowest BCUT2D eigenvalue weighted by molar-refractivity contribution is -0.384. The van der Waals surface area contributed by atoms with E-state index >= 15 is 0 Å². The van der Waals surface area contributed by atoms with Crippen LogP contribution in [0.25, 0.3) is 17.4 Å². The minimum atomic E-state index is -0.633. The summed E-state index contributed by atoms with van der Waals surface area (Å²) in [5, 5.41) is 15.4. The van der Waals surface area contributed by atoms with Gasteiger partial charge in [-0.25, -0.2) is 4.79 Å². The predicted molar refractivity (Wildman–Crippen MR) is 85.5 cm³/mol. The molecule has 1 saturated heterocycles. The Morgan fingerprint density at radius 2 is 1.88 bits per heavy atom. The molecule has 0 atom stereocenters. The molecule has 0 saturated carbocycles. The average Bonchev–Trinajstić information content (AvgIpc) is 3.06. The molecule has 1 aromatic heterocycles. The Balaban J connectivity index is 1.98. The molecule has 24 heavy (non-hydrogen) atoms. The molecule has 1 fully saturated rings. The number of rotatable bonds is 3. The molecule has 2 aromatic rings. The lowest BCUT2D eigenvalue weighted by atomic mass is 10.1.